The maximum atomic E-state index is 9.07. The highest BCUT2D eigenvalue weighted by molar-refractivity contribution is 5.26. The molecule has 126 valence electrons. The number of imidazole rings is 1. The fraction of sp³-hybridized carbons (Fsp3) is 0.353. The summed E-state index contributed by atoms with van der Waals surface area (Å²) in [6.07, 6.45) is 7.21. The number of hydrogen-bond donors (Lipinski definition) is 2. The first-order valence-corrected chi connectivity index (χ1v) is 7.96. The molecule has 0 unspecified atom stereocenters. The van der Waals surface area contributed by atoms with Crippen molar-refractivity contribution in [2.75, 3.05) is 6.61 Å². The van der Waals surface area contributed by atoms with Gasteiger partial charge in [0.15, 0.2) is 0 Å². The number of hydrogen-bond acceptors (Lipinski definition) is 5. The van der Waals surface area contributed by atoms with E-state index in [4.69, 9.17) is 5.11 Å². The van der Waals surface area contributed by atoms with E-state index in [2.05, 4.69) is 26.4 Å². The Morgan fingerprint density at radius 1 is 1.21 bits per heavy atom. The third-order valence-electron chi connectivity index (χ3n) is 4.05. The fourth-order valence-corrected chi connectivity index (χ4v) is 2.70. The molecule has 0 atom stereocenters. The van der Waals surface area contributed by atoms with E-state index in [1.54, 1.807) is 12.5 Å². The third-order valence-corrected chi connectivity index (χ3v) is 4.05. The highest BCUT2D eigenvalue weighted by Crippen LogP contribution is 2.13. The number of aromatic nitrogens is 5. The number of nitrogens with one attached hydrogen (secondary N) is 1. The van der Waals surface area contributed by atoms with Crippen molar-refractivity contribution in [3.8, 4) is 5.82 Å². The number of aliphatic hydroxyl groups is 1. The summed E-state index contributed by atoms with van der Waals surface area (Å²) >= 11 is 0. The molecule has 7 nitrogen and oxygen atoms in total. The predicted octanol–water partition coefficient (Wildman–Crippen LogP) is 1.36. The molecular weight excluding hydrogens is 304 g/mol. The number of rotatable bonds is 7. The van der Waals surface area contributed by atoms with Crippen LogP contribution in [0.4, 0.5) is 0 Å². The molecule has 24 heavy (non-hydrogen) atoms. The number of pyridine rings is 1. The van der Waals surface area contributed by atoms with E-state index in [1.807, 2.05) is 41.6 Å². The highest BCUT2D eigenvalue weighted by atomic mass is 16.3. The summed E-state index contributed by atoms with van der Waals surface area (Å²) in [7, 11) is 0. The molecule has 3 aromatic heterocycles. The monoisotopic (exact) mass is 326 g/mol. The van der Waals surface area contributed by atoms with E-state index in [0.717, 1.165) is 35.9 Å². The van der Waals surface area contributed by atoms with Crippen molar-refractivity contribution >= 4 is 0 Å². The molecule has 7 heteroatoms. The van der Waals surface area contributed by atoms with E-state index < -0.39 is 0 Å². The van der Waals surface area contributed by atoms with Crippen molar-refractivity contribution in [2.45, 2.75) is 33.5 Å². The molecule has 0 aromatic carbocycles. The topological polar surface area (TPSA) is 80.8 Å². The summed E-state index contributed by atoms with van der Waals surface area (Å²) in [4.78, 5) is 8.47. The standard InChI is InChI=1S/C17H22N6O/c1-13-16(14(2)23(21-13)7-8-24)11-19-9-15-3-4-17(20-10-15)22-6-5-18-12-22/h3-6,10,12,19,24H,7-9,11H2,1-2H3. The lowest BCUT2D eigenvalue weighted by Crippen LogP contribution is -2.14. The van der Waals surface area contributed by atoms with Crippen LogP contribution in [0.25, 0.3) is 5.82 Å². The van der Waals surface area contributed by atoms with Gasteiger partial charge in [-0.3, -0.25) is 9.25 Å². The highest BCUT2D eigenvalue weighted by Gasteiger charge is 2.10. The molecule has 0 aliphatic heterocycles. The SMILES string of the molecule is Cc1nn(CCO)c(C)c1CNCc1ccc(-n2ccnc2)nc1. The average molecular weight is 326 g/mol. The summed E-state index contributed by atoms with van der Waals surface area (Å²) in [5, 5.41) is 17.0. The first kappa shape index (κ1) is 16.4. The van der Waals surface area contributed by atoms with Gasteiger partial charge in [-0.2, -0.15) is 5.10 Å². The van der Waals surface area contributed by atoms with Gasteiger partial charge in [-0.15, -0.1) is 0 Å². The van der Waals surface area contributed by atoms with E-state index in [1.165, 1.54) is 5.56 Å². The second-order valence-corrected chi connectivity index (χ2v) is 5.69. The first-order valence-electron chi connectivity index (χ1n) is 7.96. The lowest BCUT2D eigenvalue weighted by atomic mass is 10.2. The Bertz CT molecular complexity index is 776. The molecular formula is C17H22N6O. The maximum Gasteiger partial charge on any atom is 0.137 e. The summed E-state index contributed by atoms with van der Waals surface area (Å²) in [6, 6.07) is 4.04. The Morgan fingerprint density at radius 3 is 2.75 bits per heavy atom. The summed E-state index contributed by atoms with van der Waals surface area (Å²) in [5.41, 5.74) is 4.41. The maximum absolute atomic E-state index is 9.07. The molecule has 0 bridgehead atoms. The van der Waals surface area contributed by atoms with E-state index in [0.29, 0.717) is 6.54 Å². The zero-order chi connectivity index (χ0) is 16.9. The molecule has 0 amide bonds. The van der Waals surface area contributed by atoms with E-state index >= 15 is 0 Å². The lowest BCUT2D eigenvalue weighted by Gasteiger charge is -2.07. The summed E-state index contributed by atoms with van der Waals surface area (Å²) in [6.45, 7) is 6.15. The van der Waals surface area contributed by atoms with Gasteiger partial charge in [-0.1, -0.05) is 6.07 Å². The van der Waals surface area contributed by atoms with Gasteiger partial charge in [-0.05, 0) is 25.5 Å². The minimum Gasteiger partial charge on any atom is -0.394 e. The average Bonchev–Trinajstić information content (AvgIpc) is 3.20. The minimum atomic E-state index is 0.101. The Labute approximate surface area is 141 Å². The summed E-state index contributed by atoms with van der Waals surface area (Å²) in [5.74, 6) is 0.855. The van der Waals surface area contributed by atoms with Gasteiger partial charge in [0.25, 0.3) is 0 Å². The van der Waals surface area contributed by atoms with Gasteiger partial charge < -0.3 is 10.4 Å². The van der Waals surface area contributed by atoms with Crippen molar-refractivity contribution in [2.24, 2.45) is 0 Å². The summed E-state index contributed by atoms with van der Waals surface area (Å²) < 4.78 is 3.73. The van der Waals surface area contributed by atoms with Gasteiger partial charge in [0.2, 0.25) is 0 Å². The van der Waals surface area contributed by atoms with Gasteiger partial charge in [0.05, 0.1) is 18.8 Å². The molecule has 3 aromatic rings. The zero-order valence-corrected chi connectivity index (χ0v) is 14.0. The van der Waals surface area contributed by atoms with Crippen LogP contribution in [-0.4, -0.2) is 36.0 Å². The second-order valence-electron chi connectivity index (χ2n) is 5.69. The smallest absolute Gasteiger partial charge is 0.137 e. The van der Waals surface area contributed by atoms with Crippen LogP contribution < -0.4 is 5.32 Å². The van der Waals surface area contributed by atoms with Gasteiger partial charge in [0.1, 0.15) is 12.1 Å². The minimum absolute atomic E-state index is 0.101. The molecule has 3 rings (SSSR count). The normalized spacial score (nSPS) is 11.1. The van der Waals surface area contributed by atoms with Crippen LogP contribution in [0.5, 0.6) is 0 Å². The number of aryl methyl sites for hydroxylation is 1. The van der Waals surface area contributed by atoms with Crippen molar-refractivity contribution in [1.82, 2.24) is 29.6 Å². The predicted molar refractivity (Wildman–Crippen MR) is 90.7 cm³/mol. The number of nitrogens with zero attached hydrogens (tertiary/aromatic N) is 5. The van der Waals surface area contributed by atoms with Crippen molar-refractivity contribution in [3.05, 3.63) is 59.6 Å². The van der Waals surface area contributed by atoms with Crippen LogP contribution in [0.2, 0.25) is 0 Å². The molecule has 0 aliphatic carbocycles. The largest absolute Gasteiger partial charge is 0.394 e. The van der Waals surface area contributed by atoms with E-state index in [-0.39, 0.29) is 6.61 Å². The van der Waals surface area contributed by atoms with Gasteiger partial charge >= 0.3 is 0 Å². The number of aliphatic hydroxyl groups excluding tert-OH is 1. The van der Waals surface area contributed by atoms with Crippen molar-refractivity contribution in [1.29, 1.82) is 0 Å². The molecule has 0 aliphatic rings. The van der Waals surface area contributed by atoms with Gasteiger partial charge in [-0.25, -0.2) is 9.97 Å². The molecule has 0 saturated heterocycles. The molecule has 0 fully saturated rings. The quantitative estimate of drug-likeness (QED) is 0.685. The van der Waals surface area contributed by atoms with Crippen LogP contribution >= 0.6 is 0 Å². The Kier molecular flexibility index (Phi) is 5.02. The van der Waals surface area contributed by atoms with Crippen LogP contribution in [0.3, 0.4) is 0 Å². The molecule has 0 spiro atoms. The van der Waals surface area contributed by atoms with Gasteiger partial charge in [0, 0.05) is 42.9 Å². The lowest BCUT2D eigenvalue weighted by molar-refractivity contribution is 0.267. The van der Waals surface area contributed by atoms with Crippen LogP contribution in [0.15, 0.2) is 37.1 Å². The van der Waals surface area contributed by atoms with Crippen molar-refractivity contribution < 1.29 is 5.11 Å². The van der Waals surface area contributed by atoms with Crippen molar-refractivity contribution in [3.63, 3.8) is 0 Å². The second kappa shape index (κ2) is 7.37. The fourth-order valence-electron chi connectivity index (χ4n) is 2.70. The van der Waals surface area contributed by atoms with E-state index in [9.17, 15) is 0 Å². The zero-order valence-electron chi connectivity index (χ0n) is 14.0. The molecule has 2 N–H and O–H groups in total. The molecule has 0 saturated carbocycles. The Morgan fingerprint density at radius 2 is 2.08 bits per heavy atom. The molecule has 0 radical (unpaired) electrons. The van der Waals surface area contributed by atoms with Crippen LogP contribution in [0, 0.1) is 13.8 Å². The van der Waals surface area contributed by atoms with Crippen LogP contribution in [0.1, 0.15) is 22.5 Å². The Hall–Kier alpha value is -2.51. The third kappa shape index (κ3) is 3.52. The Balaban J connectivity index is 1.59. The van der Waals surface area contributed by atoms with Crippen LogP contribution in [-0.2, 0) is 19.6 Å². The molecule has 3 heterocycles. The first-order chi connectivity index (χ1) is 11.7.